The van der Waals surface area contributed by atoms with Crippen molar-refractivity contribution in [2.45, 2.75) is 26.4 Å². The van der Waals surface area contributed by atoms with Crippen LogP contribution in [0.2, 0.25) is 0 Å². The zero-order valence-electron chi connectivity index (χ0n) is 12.8. The zero-order chi connectivity index (χ0) is 15.2. The Kier molecular flexibility index (Phi) is 5.59. The van der Waals surface area contributed by atoms with Crippen molar-refractivity contribution in [2.24, 2.45) is 5.73 Å². The number of benzene rings is 1. The SMILES string of the molecule is Cc1cccc(C)c1OCCCN1CCOC(C(N)=O)C1. The molecule has 0 spiro atoms. The first-order valence-electron chi connectivity index (χ1n) is 7.40. The quantitative estimate of drug-likeness (QED) is 0.802. The summed E-state index contributed by atoms with van der Waals surface area (Å²) >= 11 is 0. The molecule has 1 unspecified atom stereocenters. The zero-order valence-corrected chi connectivity index (χ0v) is 12.8. The molecule has 1 aliphatic heterocycles. The summed E-state index contributed by atoms with van der Waals surface area (Å²) in [5.41, 5.74) is 7.60. The van der Waals surface area contributed by atoms with Gasteiger partial charge in [0.25, 0.3) is 0 Å². The molecule has 0 aromatic heterocycles. The van der Waals surface area contributed by atoms with Crippen LogP contribution in [0.1, 0.15) is 17.5 Å². The van der Waals surface area contributed by atoms with E-state index in [4.69, 9.17) is 15.2 Å². The fourth-order valence-corrected chi connectivity index (χ4v) is 2.57. The second kappa shape index (κ2) is 7.43. The molecule has 1 aromatic carbocycles. The molecule has 2 N–H and O–H groups in total. The molecular formula is C16H24N2O3. The maximum absolute atomic E-state index is 11.1. The minimum Gasteiger partial charge on any atom is -0.493 e. The third-order valence-electron chi connectivity index (χ3n) is 3.74. The minimum atomic E-state index is -0.474. The van der Waals surface area contributed by atoms with Gasteiger partial charge in [0.2, 0.25) is 5.91 Å². The number of morpholine rings is 1. The van der Waals surface area contributed by atoms with Crippen LogP contribution in [0.15, 0.2) is 18.2 Å². The highest BCUT2D eigenvalue weighted by Gasteiger charge is 2.24. The summed E-state index contributed by atoms with van der Waals surface area (Å²) in [5.74, 6) is 0.598. The van der Waals surface area contributed by atoms with Gasteiger partial charge in [-0.25, -0.2) is 0 Å². The Morgan fingerprint density at radius 2 is 2.14 bits per heavy atom. The topological polar surface area (TPSA) is 64.8 Å². The van der Waals surface area contributed by atoms with E-state index in [1.165, 1.54) is 0 Å². The van der Waals surface area contributed by atoms with Crippen molar-refractivity contribution in [2.75, 3.05) is 32.8 Å². The lowest BCUT2D eigenvalue weighted by Gasteiger charge is -2.31. The summed E-state index contributed by atoms with van der Waals surface area (Å²) in [7, 11) is 0. The Morgan fingerprint density at radius 3 is 2.81 bits per heavy atom. The number of amides is 1. The second-order valence-corrected chi connectivity index (χ2v) is 5.49. The number of primary amides is 1. The molecule has 0 radical (unpaired) electrons. The highest BCUT2D eigenvalue weighted by molar-refractivity contribution is 5.79. The molecule has 0 aliphatic carbocycles. The van der Waals surface area contributed by atoms with Gasteiger partial charge in [-0.15, -0.1) is 0 Å². The van der Waals surface area contributed by atoms with Gasteiger partial charge in [0.15, 0.2) is 0 Å². The number of rotatable bonds is 6. The fraction of sp³-hybridized carbons (Fsp3) is 0.562. The number of carbonyl (C=O) groups excluding carboxylic acids is 1. The van der Waals surface area contributed by atoms with Crippen LogP contribution < -0.4 is 10.5 Å². The lowest BCUT2D eigenvalue weighted by molar-refractivity contribution is -0.135. The molecule has 1 saturated heterocycles. The van der Waals surface area contributed by atoms with Crippen LogP contribution >= 0.6 is 0 Å². The van der Waals surface area contributed by atoms with Crippen LogP contribution in [0.5, 0.6) is 5.75 Å². The van der Waals surface area contributed by atoms with E-state index >= 15 is 0 Å². The van der Waals surface area contributed by atoms with E-state index in [0.717, 1.165) is 36.4 Å². The molecule has 2 rings (SSSR count). The number of para-hydroxylation sites is 1. The summed E-state index contributed by atoms with van der Waals surface area (Å²) in [6.45, 7) is 7.66. The van der Waals surface area contributed by atoms with Crippen LogP contribution in [0.3, 0.4) is 0 Å². The van der Waals surface area contributed by atoms with Gasteiger partial charge in [-0.2, -0.15) is 0 Å². The lowest BCUT2D eigenvalue weighted by atomic mass is 10.1. The van der Waals surface area contributed by atoms with Gasteiger partial charge >= 0.3 is 0 Å². The maximum Gasteiger partial charge on any atom is 0.247 e. The van der Waals surface area contributed by atoms with Crippen LogP contribution in [0.4, 0.5) is 0 Å². The van der Waals surface area contributed by atoms with Gasteiger partial charge < -0.3 is 15.2 Å². The van der Waals surface area contributed by atoms with Crippen molar-refractivity contribution < 1.29 is 14.3 Å². The Hall–Kier alpha value is -1.59. The highest BCUT2D eigenvalue weighted by Crippen LogP contribution is 2.22. The molecule has 5 heteroatoms. The van der Waals surface area contributed by atoms with E-state index in [0.29, 0.717) is 19.8 Å². The van der Waals surface area contributed by atoms with Crippen LogP contribution in [-0.2, 0) is 9.53 Å². The molecule has 116 valence electrons. The summed E-state index contributed by atoms with van der Waals surface area (Å²) in [6.07, 6.45) is 0.442. The summed E-state index contributed by atoms with van der Waals surface area (Å²) in [5, 5.41) is 0. The van der Waals surface area contributed by atoms with E-state index in [1.807, 2.05) is 6.07 Å². The average Bonchev–Trinajstić information content (AvgIpc) is 2.46. The number of nitrogens with two attached hydrogens (primary N) is 1. The molecule has 1 heterocycles. The molecule has 0 saturated carbocycles. The molecular weight excluding hydrogens is 268 g/mol. The Labute approximate surface area is 126 Å². The highest BCUT2D eigenvalue weighted by atomic mass is 16.5. The van der Waals surface area contributed by atoms with Crippen LogP contribution in [-0.4, -0.2) is 49.8 Å². The van der Waals surface area contributed by atoms with E-state index in [1.54, 1.807) is 0 Å². The summed E-state index contributed by atoms with van der Waals surface area (Å²) in [6, 6.07) is 6.15. The van der Waals surface area contributed by atoms with Crippen LogP contribution in [0.25, 0.3) is 0 Å². The van der Waals surface area contributed by atoms with E-state index in [9.17, 15) is 4.79 Å². The molecule has 5 nitrogen and oxygen atoms in total. The number of ether oxygens (including phenoxy) is 2. The standard InChI is InChI=1S/C16H24N2O3/c1-12-5-3-6-13(2)15(12)21-9-4-7-18-8-10-20-14(11-18)16(17)19/h3,5-6,14H,4,7-11H2,1-2H3,(H2,17,19). The number of hydrogen-bond acceptors (Lipinski definition) is 4. The number of aryl methyl sites for hydroxylation is 2. The summed E-state index contributed by atoms with van der Waals surface area (Å²) in [4.78, 5) is 13.3. The van der Waals surface area contributed by atoms with Gasteiger partial charge in [0.1, 0.15) is 11.9 Å². The molecule has 1 amide bonds. The van der Waals surface area contributed by atoms with Crippen molar-refractivity contribution >= 4 is 5.91 Å². The monoisotopic (exact) mass is 292 g/mol. The largest absolute Gasteiger partial charge is 0.493 e. The van der Waals surface area contributed by atoms with Crippen molar-refractivity contribution in [3.63, 3.8) is 0 Å². The third kappa shape index (κ3) is 4.44. The number of nitrogens with zero attached hydrogens (tertiary/aromatic N) is 1. The minimum absolute atomic E-state index is 0.383. The van der Waals surface area contributed by atoms with Crippen molar-refractivity contribution in [3.8, 4) is 5.75 Å². The molecule has 1 aromatic rings. The lowest BCUT2D eigenvalue weighted by Crippen LogP contribution is -2.48. The van der Waals surface area contributed by atoms with Gasteiger partial charge in [-0.05, 0) is 31.4 Å². The number of hydrogen-bond donors (Lipinski definition) is 1. The Balaban J connectivity index is 1.73. The smallest absolute Gasteiger partial charge is 0.247 e. The average molecular weight is 292 g/mol. The first-order valence-corrected chi connectivity index (χ1v) is 7.40. The third-order valence-corrected chi connectivity index (χ3v) is 3.74. The van der Waals surface area contributed by atoms with E-state index in [-0.39, 0.29) is 5.91 Å². The molecule has 1 aliphatic rings. The van der Waals surface area contributed by atoms with Crippen molar-refractivity contribution in [1.29, 1.82) is 0 Å². The predicted molar refractivity (Wildman–Crippen MR) is 81.4 cm³/mol. The molecule has 21 heavy (non-hydrogen) atoms. The predicted octanol–water partition coefficient (Wildman–Crippen LogP) is 1.26. The Bertz CT molecular complexity index is 470. The number of carbonyl (C=O) groups is 1. The van der Waals surface area contributed by atoms with Gasteiger partial charge in [0, 0.05) is 19.6 Å². The molecule has 1 atom stereocenters. The van der Waals surface area contributed by atoms with Crippen molar-refractivity contribution in [1.82, 2.24) is 4.90 Å². The Morgan fingerprint density at radius 1 is 1.43 bits per heavy atom. The van der Waals surface area contributed by atoms with Gasteiger partial charge in [-0.1, -0.05) is 18.2 Å². The van der Waals surface area contributed by atoms with Gasteiger partial charge in [-0.3, -0.25) is 9.69 Å². The normalized spacial score (nSPS) is 19.4. The fourth-order valence-electron chi connectivity index (χ4n) is 2.57. The van der Waals surface area contributed by atoms with Gasteiger partial charge in [0.05, 0.1) is 13.2 Å². The van der Waals surface area contributed by atoms with Crippen molar-refractivity contribution in [3.05, 3.63) is 29.3 Å². The maximum atomic E-state index is 11.1. The first kappa shape index (κ1) is 15.8. The second-order valence-electron chi connectivity index (χ2n) is 5.49. The summed E-state index contributed by atoms with van der Waals surface area (Å²) < 4.78 is 11.2. The van der Waals surface area contributed by atoms with E-state index < -0.39 is 6.10 Å². The molecule has 1 fully saturated rings. The van der Waals surface area contributed by atoms with Crippen LogP contribution in [0, 0.1) is 13.8 Å². The molecule has 0 bridgehead atoms. The first-order chi connectivity index (χ1) is 10.1. The van der Waals surface area contributed by atoms with E-state index in [2.05, 4.69) is 30.9 Å².